The lowest BCUT2D eigenvalue weighted by Gasteiger charge is -2.55. The first kappa shape index (κ1) is 20.6. The van der Waals surface area contributed by atoms with Gasteiger partial charge in [-0.15, -0.1) is 0 Å². The molecule has 0 amide bonds. The Morgan fingerprint density at radius 3 is 2.22 bits per heavy atom. The van der Waals surface area contributed by atoms with E-state index in [1.54, 1.807) is 18.2 Å². The molecule has 4 aliphatic carbocycles. The van der Waals surface area contributed by atoms with Gasteiger partial charge in [0.1, 0.15) is 4.90 Å². The number of hydrogen-bond acceptors (Lipinski definition) is 4. The van der Waals surface area contributed by atoms with E-state index in [2.05, 4.69) is 11.2 Å². The summed E-state index contributed by atoms with van der Waals surface area (Å²) in [5.74, 6) is 1.99. The molecule has 6 nitrogen and oxygen atoms in total. The van der Waals surface area contributed by atoms with Crippen molar-refractivity contribution in [2.24, 2.45) is 23.2 Å². The van der Waals surface area contributed by atoms with Crippen LogP contribution in [0.3, 0.4) is 0 Å². The predicted molar refractivity (Wildman–Crippen MR) is 121 cm³/mol. The number of carbonyl (C=O) groups is 1. The van der Waals surface area contributed by atoms with E-state index in [0.717, 1.165) is 24.8 Å². The number of fused-ring (bicyclic) bond motifs is 1. The van der Waals surface area contributed by atoms with E-state index >= 15 is 0 Å². The first-order valence-corrected chi connectivity index (χ1v) is 13.4. The van der Waals surface area contributed by atoms with Gasteiger partial charge in [0, 0.05) is 13.1 Å². The predicted octanol–water partition coefficient (Wildman–Crippen LogP) is 4.10. The van der Waals surface area contributed by atoms with Crippen molar-refractivity contribution in [1.29, 1.82) is 0 Å². The molecular weight excluding hydrogens is 422 g/mol. The second kappa shape index (κ2) is 7.00. The average Bonchev–Trinajstić information content (AvgIpc) is 3.06. The summed E-state index contributed by atoms with van der Waals surface area (Å²) in [6, 6.07) is 8.01. The maximum absolute atomic E-state index is 13.8. The van der Waals surface area contributed by atoms with E-state index in [1.165, 1.54) is 29.5 Å². The average molecular weight is 454 g/mol. The molecule has 4 fully saturated rings. The topological polar surface area (TPSA) is 72.3 Å². The highest BCUT2D eigenvalue weighted by atomic mass is 32.2. The largest absolute Gasteiger partial charge is 0.272 e. The lowest BCUT2D eigenvalue weighted by molar-refractivity contribution is -0.0410. The monoisotopic (exact) mass is 453 g/mol. The molecule has 2 heterocycles. The van der Waals surface area contributed by atoms with Crippen molar-refractivity contribution in [2.45, 2.75) is 70.2 Å². The minimum absolute atomic E-state index is 0.0302. The van der Waals surface area contributed by atoms with Crippen molar-refractivity contribution >= 4 is 15.9 Å². The molecule has 7 heteroatoms. The van der Waals surface area contributed by atoms with Crippen LogP contribution in [0.5, 0.6) is 0 Å². The van der Waals surface area contributed by atoms with Crippen molar-refractivity contribution in [3.05, 3.63) is 46.8 Å². The molecule has 0 unspecified atom stereocenters. The van der Waals surface area contributed by atoms with E-state index in [-0.39, 0.29) is 16.2 Å². The summed E-state index contributed by atoms with van der Waals surface area (Å²) in [6.45, 7) is 4.29. The molecule has 1 aromatic carbocycles. The zero-order valence-corrected chi connectivity index (χ0v) is 19.7. The Balaban J connectivity index is 1.34. The summed E-state index contributed by atoms with van der Waals surface area (Å²) < 4.78 is 30.4. The number of aromatic nitrogens is 2. The molecule has 0 atom stereocenters. The Bertz CT molecular complexity index is 1180. The van der Waals surface area contributed by atoms with Gasteiger partial charge in [0.2, 0.25) is 10.0 Å². The highest BCUT2D eigenvalue weighted by Gasteiger charge is 2.55. The minimum atomic E-state index is -3.74. The lowest BCUT2D eigenvalue weighted by atomic mass is 9.49. The van der Waals surface area contributed by atoms with Gasteiger partial charge in [0.05, 0.1) is 16.8 Å². The summed E-state index contributed by atoms with van der Waals surface area (Å²) in [5.41, 5.74) is 2.82. The molecule has 5 aliphatic rings. The molecule has 0 radical (unpaired) electrons. The first-order valence-electron chi connectivity index (χ1n) is 11.9. The molecular formula is C25H31N3O3S. The molecule has 4 saturated carbocycles. The molecule has 0 spiro atoms. The molecule has 1 aliphatic heterocycles. The first-order chi connectivity index (χ1) is 15.3. The van der Waals surface area contributed by atoms with Gasteiger partial charge in [-0.25, -0.2) is 13.1 Å². The zero-order valence-electron chi connectivity index (χ0n) is 18.9. The fraction of sp³-hybridized carbons (Fsp3) is 0.600. The Morgan fingerprint density at radius 2 is 1.59 bits per heavy atom. The van der Waals surface area contributed by atoms with Crippen molar-refractivity contribution < 1.29 is 13.2 Å². The summed E-state index contributed by atoms with van der Waals surface area (Å²) in [4.78, 5) is 14.1. The number of rotatable bonds is 3. The maximum atomic E-state index is 13.8. The molecule has 170 valence electrons. The molecule has 4 bridgehead atoms. The third kappa shape index (κ3) is 2.97. The third-order valence-corrected chi connectivity index (χ3v) is 10.7. The van der Waals surface area contributed by atoms with Gasteiger partial charge in [-0.1, -0.05) is 24.3 Å². The fourth-order valence-corrected chi connectivity index (χ4v) is 9.37. The number of benzene rings is 1. The van der Waals surface area contributed by atoms with Crippen molar-refractivity contribution in [3.8, 4) is 0 Å². The maximum Gasteiger partial charge on any atom is 0.253 e. The van der Waals surface area contributed by atoms with Crippen molar-refractivity contribution in [3.63, 3.8) is 0 Å². The Kier molecular flexibility index (Phi) is 4.51. The normalized spacial score (nSPS) is 31.6. The van der Waals surface area contributed by atoms with Gasteiger partial charge in [-0.05, 0) is 87.7 Å². The van der Waals surface area contributed by atoms with E-state index in [9.17, 15) is 13.2 Å². The van der Waals surface area contributed by atoms with E-state index in [1.807, 2.05) is 18.2 Å². The van der Waals surface area contributed by atoms with E-state index in [0.29, 0.717) is 48.7 Å². The van der Waals surface area contributed by atoms with Crippen LogP contribution in [0, 0.1) is 37.0 Å². The number of sulfonamides is 1. The Hall–Kier alpha value is -1.99. The van der Waals surface area contributed by atoms with Crippen molar-refractivity contribution in [2.75, 3.05) is 6.54 Å². The number of carbonyl (C=O) groups excluding carboxylic acids is 1. The van der Waals surface area contributed by atoms with E-state index in [4.69, 9.17) is 0 Å². The van der Waals surface area contributed by atoms with Crippen LogP contribution in [0.2, 0.25) is 0 Å². The van der Waals surface area contributed by atoms with Crippen LogP contribution in [-0.4, -0.2) is 35.0 Å². The standard InChI is InChI=1S/C25H31N3O3S/c1-16-23(32(30,31)27-8-7-21-5-3-4-6-22(21)15-27)17(2)28(26-16)24(29)25-12-18-9-19(13-25)11-20(10-18)14-25/h3-6,18-20H,7-15H2,1-2H3. The van der Waals surface area contributed by atoms with Crippen LogP contribution in [0.4, 0.5) is 0 Å². The molecule has 2 aromatic rings. The minimum Gasteiger partial charge on any atom is -0.272 e. The quantitative estimate of drug-likeness (QED) is 0.701. The summed E-state index contributed by atoms with van der Waals surface area (Å²) in [7, 11) is -3.74. The molecule has 1 aromatic heterocycles. The Morgan fingerprint density at radius 1 is 1.00 bits per heavy atom. The lowest BCUT2D eigenvalue weighted by Crippen LogP contribution is -2.51. The van der Waals surface area contributed by atoms with Crippen LogP contribution in [0.1, 0.15) is 65.8 Å². The highest BCUT2D eigenvalue weighted by molar-refractivity contribution is 7.89. The number of nitrogens with zero attached hydrogens (tertiary/aromatic N) is 3. The van der Waals surface area contributed by atoms with Gasteiger partial charge in [0.15, 0.2) is 0 Å². The molecule has 32 heavy (non-hydrogen) atoms. The summed E-state index contributed by atoms with van der Waals surface area (Å²) in [6.07, 6.45) is 7.33. The van der Waals surface area contributed by atoms with Gasteiger partial charge < -0.3 is 0 Å². The highest BCUT2D eigenvalue weighted by Crippen LogP contribution is 2.60. The zero-order chi connectivity index (χ0) is 22.3. The second-order valence-electron chi connectivity index (χ2n) is 10.8. The van der Waals surface area contributed by atoms with Crippen LogP contribution < -0.4 is 0 Å². The SMILES string of the molecule is Cc1nn(C(=O)C23CC4CC(CC(C4)C2)C3)c(C)c1S(=O)(=O)N1CCc2ccccc2C1. The Labute approximate surface area is 190 Å². The van der Waals surface area contributed by atoms with Crippen LogP contribution in [-0.2, 0) is 23.0 Å². The van der Waals surface area contributed by atoms with Gasteiger partial charge in [0.25, 0.3) is 5.91 Å². The molecule has 7 rings (SSSR count). The van der Waals surface area contributed by atoms with Gasteiger partial charge in [-0.2, -0.15) is 9.40 Å². The van der Waals surface area contributed by atoms with Crippen LogP contribution in [0.15, 0.2) is 29.2 Å². The van der Waals surface area contributed by atoms with E-state index < -0.39 is 10.0 Å². The number of aryl methyl sites for hydroxylation is 1. The van der Waals surface area contributed by atoms with Crippen molar-refractivity contribution in [1.82, 2.24) is 14.1 Å². The van der Waals surface area contributed by atoms with Crippen LogP contribution in [0.25, 0.3) is 0 Å². The molecule has 0 N–H and O–H groups in total. The smallest absolute Gasteiger partial charge is 0.253 e. The van der Waals surface area contributed by atoms with Crippen LogP contribution >= 0.6 is 0 Å². The van der Waals surface area contributed by atoms with Gasteiger partial charge in [-0.3, -0.25) is 4.79 Å². The number of hydrogen-bond donors (Lipinski definition) is 0. The summed E-state index contributed by atoms with van der Waals surface area (Å²) >= 11 is 0. The summed E-state index contributed by atoms with van der Waals surface area (Å²) in [5, 5.41) is 4.53. The van der Waals surface area contributed by atoms with Gasteiger partial charge >= 0.3 is 0 Å². The third-order valence-electron chi connectivity index (χ3n) is 8.60. The molecule has 0 saturated heterocycles. The second-order valence-corrected chi connectivity index (χ2v) is 12.6. The fourth-order valence-electron chi connectivity index (χ4n) is 7.60.